The number of rotatable bonds is 6. The topological polar surface area (TPSA) is 110 Å². The molecule has 0 N–H and O–H groups in total. The minimum absolute atomic E-state index is 0.0525. The first-order chi connectivity index (χ1) is 15.7. The molecule has 1 amide bonds. The first-order valence-electron chi connectivity index (χ1n) is 10.4. The maximum absolute atomic E-state index is 13.0. The van der Waals surface area contributed by atoms with E-state index in [1.807, 2.05) is 4.90 Å². The van der Waals surface area contributed by atoms with Crippen molar-refractivity contribution in [2.45, 2.75) is 6.54 Å². The average molecular weight is 470 g/mol. The molecule has 0 atom stereocenters. The van der Waals surface area contributed by atoms with Gasteiger partial charge in [0.1, 0.15) is 5.75 Å². The summed E-state index contributed by atoms with van der Waals surface area (Å²) >= 11 is 0. The zero-order valence-electron chi connectivity index (χ0n) is 18.0. The van der Waals surface area contributed by atoms with Crippen molar-refractivity contribution in [1.82, 2.24) is 9.80 Å². The van der Waals surface area contributed by atoms with E-state index in [2.05, 4.69) is 4.90 Å². The number of non-ortho nitro benzene ring substituents is 1. The molecule has 0 aromatic heterocycles. The number of nitro groups is 1. The zero-order valence-corrected chi connectivity index (χ0v) is 18.8. The summed E-state index contributed by atoms with van der Waals surface area (Å²) in [6, 6.07) is 16.8. The zero-order chi connectivity index (χ0) is 23.6. The molecule has 1 saturated heterocycles. The Morgan fingerprint density at radius 2 is 1.61 bits per heavy atom. The molecule has 0 radical (unpaired) electrons. The maximum atomic E-state index is 13.0. The number of fused-ring (bicyclic) bond motifs is 1. The Kier molecular flexibility index (Phi) is 6.30. The van der Waals surface area contributed by atoms with Crippen molar-refractivity contribution in [3.63, 3.8) is 0 Å². The van der Waals surface area contributed by atoms with Crippen LogP contribution in [0.3, 0.4) is 0 Å². The maximum Gasteiger partial charge on any atom is 0.306 e. The molecule has 0 unspecified atom stereocenters. The van der Waals surface area contributed by atoms with Crippen LogP contribution in [0.1, 0.15) is 15.9 Å². The van der Waals surface area contributed by atoms with Crippen LogP contribution in [0.4, 0.5) is 5.69 Å². The Labute approximate surface area is 191 Å². The van der Waals surface area contributed by atoms with Crippen molar-refractivity contribution in [1.29, 1.82) is 0 Å². The van der Waals surface area contributed by atoms with Crippen molar-refractivity contribution in [2.24, 2.45) is 0 Å². The van der Waals surface area contributed by atoms with Crippen LogP contribution in [-0.2, 0) is 16.7 Å². The standard InChI is InChI=1S/C23H23N3O6S/c1-33(30,31)32-22-9-6-18-14-20(5-4-19(18)15-22)23(27)25-12-10-24(11-13-25)16-17-2-7-21(8-3-17)26(28)29/h2-9,14-15H,10-13,16H2,1H3. The number of hydrogen-bond acceptors (Lipinski definition) is 7. The van der Waals surface area contributed by atoms with E-state index >= 15 is 0 Å². The summed E-state index contributed by atoms with van der Waals surface area (Å²) in [6.07, 6.45) is 0.991. The highest BCUT2D eigenvalue weighted by molar-refractivity contribution is 7.86. The highest BCUT2D eigenvalue weighted by atomic mass is 32.2. The predicted octanol–water partition coefficient (Wildman–Crippen LogP) is 3.04. The molecule has 0 bridgehead atoms. The summed E-state index contributed by atoms with van der Waals surface area (Å²) in [5, 5.41) is 12.4. The fraction of sp³-hybridized carbons (Fsp3) is 0.261. The van der Waals surface area contributed by atoms with Gasteiger partial charge in [-0.25, -0.2) is 0 Å². The second kappa shape index (κ2) is 9.16. The molecule has 4 rings (SSSR count). The van der Waals surface area contributed by atoms with Gasteiger partial charge in [-0.2, -0.15) is 8.42 Å². The third-order valence-corrected chi connectivity index (χ3v) is 6.01. The Hall–Kier alpha value is -3.50. The molecule has 1 aliphatic heterocycles. The summed E-state index contributed by atoms with van der Waals surface area (Å²) in [6.45, 7) is 3.27. The molecule has 172 valence electrons. The number of nitro benzene ring substituents is 1. The molecular weight excluding hydrogens is 446 g/mol. The normalized spacial score (nSPS) is 14.9. The number of carbonyl (C=O) groups is 1. The van der Waals surface area contributed by atoms with Gasteiger partial charge >= 0.3 is 10.1 Å². The number of hydrogen-bond donors (Lipinski definition) is 0. The molecule has 1 aliphatic rings. The summed E-state index contributed by atoms with van der Waals surface area (Å²) in [4.78, 5) is 27.4. The van der Waals surface area contributed by atoms with Gasteiger partial charge in [0.15, 0.2) is 0 Å². The lowest BCUT2D eigenvalue weighted by Gasteiger charge is -2.34. The third kappa shape index (κ3) is 5.65. The van der Waals surface area contributed by atoms with Gasteiger partial charge in [-0.05, 0) is 40.6 Å². The van der Waals surface area contributed by atoms with Crippen molar-refractivity contribution in [3.8, 4) is 5.75 Å². The molecule has 10 heteroatoms. The molecule has 1 heterocycles. The Balaban J connectivity index is 1.37. The van der Waals surface area contributed by atoms with Crippen molar-refractivity contribution < 1.29 is 22.3 Å². The van der Waals surface area contributed by atoms with Gasteiger partial charge in [0.25, 0.3) is 11.6 Å². The van der Waals surface area contributed by atoms with E-state index in [1.165, 1.54) is 12.1 Å². The van der Waals surface area contributed by atoms with E-state index in [9.17, 15) is 23.3 Å². The summed E-state index contributed by atoms with van der Waals surface area (Å²) in [5.74, 6) is 0.177. The fourth-order valence-electron chi connectivity index (χ4n) is 3.86. The largest absolute Gasteiger partial charge is 0.383 e. The minimum Gasteiger partial charge on any atom is -0.383 e. The van der Waals surface area contributed by atoms with E-state index in [4.69, 9.17) is 4.18 Å². The van der Waals surface area contributed by atoms with Gasteiger partial charge in [0.05, 0.1) is 11.2 Å². The first-order valence-corrected chi connectivity index (χ1v) is 12.2. The highest BCUT2D eigenvalue weighted by Gasteiger charge is 2.22. The number of carbonyl (C=O) groups excluding carboxylic acids is 1. The molecule has 9 nitrogen and oxygen atoms in total. The van der Waals surface area contributed by atoms with Crippen LogP contribution in [-0.4, -0.2) is 61.5 Å². The SMILES string of the molecule is CS(=O)(=O)Oc1ccc2cc(C(=O)N3CCN(Cc4ccc([N+](=O)[O-])cc4)CC3)ccc2c1. The van der Waals surface area contributed by atoms with Crippen molar-refractivity contribution >= 4 is 32.5 Å². The van der Waals surface area contributed by atoms with Gasteiger partial charge in [-0.1, -0.05) is 24.3 Å². The van der Waals surface area contributed by atoms with Gasteiger partial charge in [-0.15, -0.1) is 0 Å². The van der Waals surface area contributed by atoms with E-state index in [-0.39, 0.29) is 17.3 Å². The van der Waals surface area contributed by atoms with Gasteiger partial charge in [-0.3, -0.25) is 19.8 Å². The van der Waals surface area contributed by atoms with Crippen LogP contribution in [0.25, 0.3) is 10.8 Å². The fourth-order valence-corrected chi connectivity index (χ4v) is 4.31. The van der Waals surface area contributed by atoms with Crippen LogP contribution in [0.2, 0.25) is 0 Å². The number of piperazine rings is 1. The summed E-state index contributed by atoms with van der Waals surface area (Å²) < 4.78 is 27.6. The molecule has 3 aromatic rings. The van der Waals surface area contributed by atoms with Gasteiger partial charge < -0.3 is 9.08 Å². The average Bonchev–Trinajstić information content (AvgIpc) is 2.78. The first kappa shape index (κ1) is 22.7. The monoisotopic (exact) mass is 469 g/mol. The molecule has 1 fully saturated rings. The van der Waals surface area contributed by atoms with Crippen molar-refractivity contribution in [3.05, 3.63) is 81.9 Å². The van der Waals surface area contributed by atoms with Crippen LogP contribution >= 0.6 is 0 Å². The van der Waals surface area contributed by atoms with E-state index in [0.29, 0.717) is 38.3 Å². The number of benzene rings is 3. The molecular formula is C23H23N3O6S. The minimum atomic E-state index is -3.60. The smallest absolute Gasteiger partial charge is 0.306 e. The Morgan fingerprint density at radius 3 is 2.24 bits per heavy atom. The molecule has 0 spiro atoms. The van der Waals surface area contributed by atoms with Gasteiger partial charge in [0.2, 0.25) is 0 Å². The van der Waals surface area contributed by atoms with Crippen LogP contribution in [0.5, 0.6) is 5.75 Å². The predicted molar refractivity (Wildman–Crippen MR) is 124 cm³/mol. The molecule has 3 aromatic carbocycles. The van der Waals surface area contributed by atoms with Crippen LogP contribution < -0.4 is 4.18 Å². The Morgan fingerprint density at radius 1 is 0.970 bits per heavy atom. The van der Waals surface area contributed by atoms with E-state index < -0.39 is 15.0 Å². The van der Waals surface area contributed by atoms with Crippen molar-refractivity contribution in [2.75, 3.05) is 32.4 Å². The van der Waals surface area contributed by atoms with E-state index in [0.717, 1.165) is 22.6 Å². The number of amides is 1. The lowest BCUT2D eigenvalue weighted by atomic mass is 10.1. The Bertz CT molecular complexity index is 1300. The lowest BCUT2D eigenvalue weighted by molar-refractivity contribution is -0.384. The van der Waals surface area contributed by atoms with Crippen LogP contribution in [0.15, 0.2) is 60.7 Å². The lowest BCUT2D eigenvalue weighted by Crippen LogP contribution is -2.48. The number of nitrogens with zero attached hydrogens (tertiary/aromatic N) is 3. The second-order valence-electron chi connectivity index (χ2n) is 8.00. The van der Waals surface area contributed by atoms with E-state index in [1.54, 1.807) is 48.5 Å². The third-order valence-electron chi connectivity index (χ3n) is 5.52. The highest BCUT2D eigenvalue weighted by Crippen LogP contribution is 2.24. The molecule has 33 heavy (non-hydrogen) atoms. The van der Waals surface area contributed by atoms with Crippen LogP contribution in [0, 0.1) is 10.1 Å². The second-order valence-corrected chi connectivity index (χ2v) is 9.58. The molecule has 0 saturated carbocycles. The molecule has 0 aliphatic carbocycles. The summed E-state index contributed by atoms with van der Waals surface area (Å²) in [5.41, 5.74) is 1.64. The quantitative estimate of drug-likeness (QED) is 0.310. The van der Waals surface area contributed by atoms with Gasteiger partial charge in [0, 0.05) is 50.4 Å². The summed E-state index contributed by atoms with van der Waals surface area (Å²) in [7, 11) is -3.60.